The number of carbonyl (C=O) groups is 2. The van der Waals surface area contributed by atoms with Gasteiger partial charge in [-0.05, 0) is 75.9 Å². The van der Waals surface area contributed by atoms with Gasteiger partial charge in [-0.1, -0.05) is 43.0 Å². The first-order valence-electron chi connectivity index (χ1n) is 12.9. The molecule has 190 valence electrons. The highest BCUT2D eigenvalue weighted by Crippen LogP contribution is 2.37. The zero-order valence-electron chi connectivity index (χ0n) is 21.2. The molecule has 6 nitrogen and oxygen atoms in total. The molecule has 0 bridgehead atoms. The van der Waals surface area contributed by atoms with Gasteiger partial charge in [-0.25, -0.2) is 9.36 Å². The van der Waals surface area contributed by atoms with Crippen LogP contribution in [0.4, 0.5) is 4.79 Å². The summed E-state index contributed by atoms with van der Waals surface area (Å²) in [5.74, 6) is 0.580. The minimum Gasteiger partial charge on any atom is -0.443 e. The molecule has 36 heavy (non-hydrogen) atoms. The molecule has 2 aliphatic rings. The fourth-order valence-electron chi connectivity index (χ4n) is 5.41. The molecule has 0 unspecified atom stereocenters. The van der Waals surface area contributed by atoms with E-state index in [-0.39, 0.29) is 5.91 Å². The highest BCUT2D eigenvalue weighted by molar-refractivity contribution is 6.32. The molecule has 1 aromatic heterocycles. The maximum atomic E-state index is 13.4. The largest absolute Gasteiger partial charge is 0.443 e. The SMILES string of the molecule is CC(C)(C)OC(=O)n1c(-c2ccc(Cl)c3c2C(=O)NC3)cc2cc(CNCC3CCCCC3)ccc21. The minimum atomic E-state index is -0.659. The number of nitrogens with zero attached hydrogens (tertiary/aromatic N) is 1. The summed E-state index contributed by atoms with van der Waals surface area (Å²) < 4.78 is 7.35. The van der Waals surface area contributed by atoms with Crippen LogP contribution in [0, 0.1) is 5.92 Å². The first-order chi connectivity index (χ1) is 17.2. The summed E-state index contributed by atoms with van der Waals surface area (Å²) in [6.07, 6.45) is 6.19. The molecule has 0 spiro atoms. The average Bonchev–Trinajstić information content (AvgIpc) is 3.40. The number of aromatic nitrogens is 1. The van der Waals surface area contributed by atoms with Crippen LogP contribution in [0.5, 0.6) is 0 Å². The van der Waals surface area contributed by atoms with Crippen molar-refractivity contribution in [2.75, 3.05) is 6.54 Å². The highest BCUT2D eigenvalue weighted by atomic mass is 35.5. The van der Waals surface area contributed by atoms with Crippen LogP contribution < -0.4 is 10.6 Å². The van der Waals surface area contributed by atoms with Gasteiger partial charge in [-0.3, -0.25) is 4.79 Å². The summed E-state index contributed by atoms with van der Waals surface area (Å²) in [5.41, 5.74) is 3.81. The Morgan fingerprint density at radius 2 is 1.92 bits per heavy atom. The van der Waals surface area contributed by atoms with Gasteiger partial charge in [0.2, 0.25) is 0 Å². The standard InChI is InChI=1S/C29H34ClN3O3/c1-29(2,3)36-28(35)33-24-12-9-19(16-31-15-18-7-5-4-6-8-18)13-20(24)14-25(33)21-10-11-23(30)22-17-32-27(34)26(21)22/h9-14,18,31H,4-8,15-17H2,1-3H3,(H,32,34). The van der Waals surface area contributed by atoms with Gasteiger partial charge in [0.1, 0.15) is 5.60 Å². The number of nitrogens with one attached hydrogen (secondary N) is 2. The van der Waals surface area contributed by atoms with Crippen molar-refractivity contribution in [3.8, 4) is 11.3 Å². The molecule has 1 saturated carbocycles. The van der Waals surface area contributed by atoms with E-state index in [9.17, 15) is 9.59 Å². The Kier molecular flexibility index (Phi) is 6.84. The first-order valence-corrected chi connectivity index (χ1v) is 13.3. The summed E-state index contributed by atoms with van der Waals surface area (Å²) in [7, 11) is 0. The van der Waals surface area contributed by atoms with Crippen molar-refractivity contribution in [3.63, 3.8) is 0 Å². The lowest BCUT2D eigenvalue weighted by Crippen LogP contribution is -2.27. The number of hydrogen-bond donors (Lipinski definition) is 2. The van der Waals surface area contributed by atoms with E-state index >= 15 is 0 Å². The number of halogens is 1. The minimum absolute atomic E-state index is 0.184. The first kappa shape index (κ1) is 24.8. The van der Waals surface area contributed by atoms with Crippen molar-refractivity contribution in [2.45, 2.75) is 71.6 Å². The van der Waals surface area contributed by atoms with Gasteiger partial charge in [0.15, 0.2) is 0 Å². The van der Waals surface area contributed by atoms with Crippen molar-refractivity contribution in [1.82, 2.24) is 15.2 Å². The van der Waals surface area contributed by atoms with Crippen molar-refractivity contribution in [3.05, 3.63) is 58.1 Å². The molecule has 1 fully saturated rings. The van der Waals surface area contributed by atoms with E-state index in [0.29, 0.717) is 28.4 Å². The maximum Gasteiger partial charge on any atom is 0.419 e. The normalized spacial score (nSPS) is 16.3. The van der Waals surface area contributed by atoms with Crippen LogP contribution in [-0.4, -0.2) is 28.7 Å². The fourth-order valence-corrected chi connectivity index (χ4v) is 5.64. The number of carbonyl (C=O) groups excluding carboxylic acids is 2. The lowest BCUT2D eigenvalue weighted by molar-refractivity contribution is 0.0547. The molecule has 0 radical (unpaired) electrons. The van der Waals surface area contributed by atoms with Crippen LogP contribution >= 0.6 is 11.6 Å². The van der Waals surface area contributed by atoms with E-state index in [0.717, 1.165) is 41.0 Å². The third-order valence-electron chi connectivity index (χ3n) is 7.11. The predicted octanol–water partition coefficient (Wildman–Crippen LogP) is 6.66. The average molecular weight is 508 g/mol. The third-order valence-corrected chi connectivity index (χ3v) is 7.47. The molecule has 3 aromatic rings. The molecule has 2 aromatic carbocycles. The predicted molar refractivity (Wildman–Crippen MR) is 143 cm³/mol. The molecule has 2 heterocycles. The zero-order valence-corrected chi connectivity index (χ0v) is 22.0. The van der Waals surface area contributed by atoms with E-state index in [1.165, 1.54) is 32.1 Å². The van der Waals surface area contributed by atoms with Crippen LogP contribution in [0.1, 0.15) is 74.4 Å². The quantitative estimate of drug-likeness (QED) is 0.405. The molecule has 0 saturated heterocycles. The summed E-state index contributed by atoms with van der Waals surface area (Å²) in [6, 6.07) is 11.7. The lowest BCUT2D eigenvalue weighted by atomic mass is 9.89. The number of amides is 1. The third kappa shape index (κ3) is 5.02. The molecule has 1 amide bonds. The van der Waals surface area contributed by atoms with Gasteiger partial charge < -0.3 is 15.4 Å². The van der Waals surface area contributed by atoms with Gasteiger partial charge in [0.05, 0.1) is 16.8 Å². The molecular weight excluding hydrogens is 474 g/mol. The number of benzene rings is 2. The summed E-state index contributed by atoms with van der Waals surface area (Å²) in [6.45, 7) is 7.73. The Balaban J connectivity index is 1.52. The Morgan fingerprint density at radius 1 is 1.14 bits per heavy atom. The van der Waals surface area contributed by atoms with Gasteiger partial charge >= 0.3 is 6.09 Å². The highest BCUT2D eigenvalue weighted by Gasteiger charge is 2.29. The van der Waals surface area contributed by atoms with Crippen LogP contribution in [0.3, 0.4) is 0 Å². The summed E-state index contributed by atoms with van der Waals surface area (Å²) in [5, 5.41) is 7.95. The summed E-state index contributed by atoms with van der Waals surface area (Å²) in [4.78, 5) is 26.1. The molecule has 1 aliphatic heterocycles. The van der Waals surface area contributed by atoms with Gasteiger partial charge in [0.25, 0.3) is 5.91 Å². The molecule has 5 rings (SSSR count). The number of rotatable bonds is 5. The van der Waals surface area contributed by atoms with Crippen LogP contribution in [0.25, 0.3) is 22.2 Å². The van der Waals surface area contributed by atoms with Crippen LogP contribution in [0.15, 0.2) is 36.4 Å². The van der Waals surface area contributed by atoms with E-state index in [4.69, 9.17) is 16.3 Å². The fraction of sp³-hybridized carbons (Fsp3) is 0.448. The Morgan fingerprint density at radius 3 is 2.67 bits per heavy atom. The van der Waals surface area contributed by atoms with E-state index < -0.39 is 11.7 Å². The van der Waals surface area contributed by atoms with Gasteiger partial charge in [-0.2, -0.15) is 0 Å². The smallest absolute Gasteiger partial charge is 0.419 e. The van der Waals surface area contributed by atoms with Crippen molar-refractivity contribution >= 4 is 34.5 Å². The second kappa shape index (κ2) is 9.91. The van der Waals surface area contributed by atoms with E-state index in [1.807, 2.05) is 39.0 Å². The van der Waals surface area contributed by atoms with Gasteiger partial charge in [0, 0.05) is 34.6 Å². The molecule has 2 N–H and O–H groups in total. The maximum absolute atomic E-state index is 13.4. The van der Waals surface area contributed by atoms with E-state index in [2.05, 4.69) is 22.8 Å². The molecule has 7 heteroatoms. The Bertz CT molecular complexity index is 1320. The molecular formula is C29H34ClN3O3. The number of fused-ring (bicyclic) bond motifs is 2. The Labute approximate surface area is 217 Å². The van der Waals surface area contributed by atoms with E-state index in [1.54, 1.807) is 10.6 Å². The van der Waals surface area contributed by atoms with Crippen molar-refractivity contribution in [1.29, 1.82) is 0 Å². The second-order valence-corrected chi connectivity index (χ2v) is 11.4. The second-order valence-electron chi connectivity index (χ2n) is 11.0. The summed E-state index contributed by atoms with van der Waals surface area (Å²) >= 11 is 6.39. The number of ether oxygens (including phenoxy) is 1. The van der Waals surface area contributed by atoms with Crippen LogP contribution in [0.2, 0.25) is 5.02 Å². The Hall–Kier alpha value is -2.83. The molecule has 0 atom stereocenters. The van der Waals surface area contributed by atoms with Crippen LogP contribution in [-0.2, 0) is 17.8 Å². The van der Waals surface area contributed by atoms with Gasteiger partial charge in [-0.15, -0.1) is 0 Å². The van der Waals surface area contributed by atoms with Crippen molar-refractivity contribution < 1.29 is 14.3 Å². The number of hydrogen-bond acceptors (Lipinski definition) is 4. The topological polar surface area (TPSA) is 72.4 Å². The lowest BCUT2D eigenvalue weighted by Gasteiger charge is -2.22. The van der Waals surface area contributed by atoms with Crippen molar-refractivity contribution in [2.24, 2.45) is 5.92 Å². The zero-order chi connectivity index (χ0) is 25.4. The molecule has 1 aliphatic carbocycles. The monoisotopic (exact) mass is 507 g/mol.